The van der Waals surface area contributed by atoms with Gasteiger partial charge in [-0.3, -0.25) is 0 Å². The van der Waals surface area contributed by atoms with Gasteiger partial charge in [-0.15, -0.1) is 0 Å². The zero-order chi connectivity index (χ0) is 24.0. The molecular formula is C23H22ClN3O5S. The van der Waals surface area contributed by atoms with Gasteiger partial charge in [-0.05, 0) is 67.5 Å². The fourth-order valence-corrected chi connectivity index (χ4v) is 3.71. The lowest BCUT2D eigenvalue weighted by Crippen LogP contribution is -2.45. The molecule has 10 heteroatoms. The van der Waals surface area contributed by atoms with Gasteiger partial charge in [0.15, 0.2) is 5.11 Å². The molecule has 1 atom stereocenters. The van der Waals surface area contributed by atoms with E-state index in [9.17, 15) is 14.7 Å². The first kappa shape index (κ1) is 24.4. The highest BCUT2D eigenvalue weighted by Crippen LogP contribution is 2.31. The Labute approximate surface area is 201 Å². The highest BCUT2D eigenvalue weighted by molar-refractivity contribution is 7.80. The first-order valence-corrected chi connectivity index (χ1v) is 10.8. The summed E-state index contributed by atoms with van der Waals surface area (Å²) in [5.74, 6) is -0.919. The third-order valence-corrected chi connectivity index (χ3v) is 5.15. The van der Waals surface area contributed by atoms with Crippen LogP contribution in [0.1, 0.15) is 36.6 Å². The Morgan fingerprint density at radius 1 is 1.30 bits per heavy atom. The first-order valence-electron chi connectivity index (χ1n) is 10.0. The molecule has 0 saturated heterocycles. The van der Waals surface area contributed by atoms with E-state index >= 15 is 0 Å². The molecule has 0 amide bonds. The second kappa shape index (κ2) is 11.0. The van der Waals surface area contributed by atoms with Gasteiger partial charge in [-0.2, -0.15) is 0 Å². The summed E-state index contributed by atoms with van der Waals surface area (Å²) in [6.07, 6.45) is 4.32. The van der Waals surface area contributed by atoms with E-state index in [2.05, 4.69) is 15.6 Å². The monoisotopic (exact) mass is 487 g/mol. The molecule has 0 aliphatic carbocycles. The summed E-state index contributed by atoms with van der Waals surface area (Å²) in [5.41, 5.74) is 2.65. The van der Waals surface area contributed by atoms with E-state index in [-0.39, 0.29) is 19.0 Å². The van der Waals surface area contributed by atoms with Crippen LogP contribution < -0.4 is 15.4 Å². The summed E-state index contributed by atoms with van der Waals surface area (Å²) >= 11 is 11.1. The van der Waals surface area contributed by atoms with Gasteiger partial charge in [0.05, 0.1) is 24.8 Å². The number of nitrogens with one attached hydrogen (secondary N) is 2. The molecule has 1 aromatic heterocycles. The molecule has 0 spiro atoms. The molecular weight excluding hydrogens is 466 g/mol. The van der Waals surface area contributed by atoms with Crippen LogP contribution in [-0.2, 0) is 20.9 Å². The van der Waals surface area contributed by atoms with Crippen molar-refractivity contribution in [3.05, 3.63) is 75.7 Å². The molecule has 1 aliphatic heterocycles. The second-order valence-corrected chi connectivity index (χ2v) is 7.78. The quantitative estimate of drug-likeness (QED) is 0.178. The zero-order valence-electron chi connectivity index (χ0n) is 17.9. The van der Waals surface area contributed by atoms with Gasteiger partial charge in [-0.25, -0.2) is 14.6 Å². The topological polar surface area (TPSA) is 110 Å². The van der Waals surface area contributed by atoms with Crippen molar-refractivity contribution in [2.24, 2.45) is 0 Å². The Morgan fingerprint density at radius 2 is 2.09 bits per heavy atom. The third-order valence-electron chi connectivity index (χ3n) is 4.73. The molecule has 3 N–H and O–H groups in total. The largest absolute Gasteiger partial charge is 0.463 e. The minimum absolute atomic E-state index is 0.193. The molecule has 0 fully saturated rings. The molecule has 0 radical (unpaired) electrons. The lowest BCUT2D eigenvalue weighted by Gasteiger charge is -2.30. The molecule has 3 rings (SSSR count). The average Bonchev–Trinajstić information content (AvgIpc) is 2.77. The lowest BCUT2D eigenvalue weighted by atomic mass is 9.94. The van der Waals surface area contributed by atoms with E-state index in [1.807, 2.05) is 0 Å². The maximum Gasteiger partial charge on any atom is 0.338 e. The Hall–Kier alpha value is -3.27. The number of aromatic nitrogens is 1. The van der Waals surface area contributed by atoms with Crippen LogP contribution in [-0.4, -0.2) is 33.7 Å². The van der Waals surface area contributed by atoms with Crippen molar-refractivity contribution in [1.29, 1.82) is 0 Å². The number of rotatable bonds is 7. The number of hydrogen-bond acceptors (Lipinski definition) is 7. The molecule has 2 heterocycles. The fourth-order valence-electron chi connectivity index (χ4n) is 3.25. The Bertz CT molecular complexity index is 1150. The number of esters is 2. The number of halogens is 1. The van der Waals surface area contributed by atoms with Crippen molar-refractivity contribution in [2.75, 3.05) is 6.61 Å². The summed E-state index contributed by atoms with van der Waals surface area (Å²) in [4.78, 5) is 28.7. The number of hydrogen-bond donors (Lipinski definition) is 3. The molecule has 1 unspecified atom stereocenters. The van der Waals surface area contributed by atoms with Crippen LogP contribution in [0.25, 0.3) is 6.08 Å². The van der Waals surface area contributed by atoms with Crippen LogP contribution in [0.4, 0.5) is 0 Å². The Kier molecular flexibility index (Phi) is 8.16. The molecule has 8 nitrogen and oxygen atoms in total. The van der Waals surface area contributed by atoms with Gasteiger partial charge in [0.1, 0.15) is 10.9 Å². The van der Waals surface area contributed by atoms with E-state index in [1.54, 1.807) is 50.3 Å². The summed E-state index contributed by atoms with van der Waals surface area (Å²) in [6.45, 7) is 3.30. The minimum Gasteiger partial charge on any atom is -0.463 e. The van der Waals surface area contributed by atoms with E-state index in [4.69, 9.17) is 33.3 Å². The van der Waals surface area contributed by atoms with Crippen molar-refractivity contribution in [3.63, 3.8) is 0 Å². The summed E-state index contributed by atoms with van der Waals surface area (Å²) in [7, 11) is 0. The van der Waals surface area contributed by atoms with Crippen LogP contribution in [0.15, 0.2) is 53.9 Å². The highest BCUT2D eigenvalue weighted by Gasteiger charge is 2.31. The number of ether oxygens (including phenoxy) is 2. The number of benzene rings is 1. The van der Waals surface area contributed by atoms with Crippen LogP contribution >= 0.6 is 23.8 Å². The highest BCUT2D eigenvalue weighted by atomic mass is 35.5. The molecule has 0 saturated carbocycles. The summed E-state index contributed by atoms with van der Waals surface area (Å²) in [6, 6.07) is 7.59. The molecule has 2 aromatic rings. The average molecular weight is 488 g/mol. The Balaban J connectivity index is 1.84. The lowest BCUT2D eigenvalue weighted by molar-refractivity contribution is -0.139. The van der Waals surface area contributed by atoms with Crippen LogP contribution in [0, 0.1) is 0 Å². The number of thiocarbonyl (C=S) groups is 1. The number of nitrogens with zero attached hydrogens (tertiary/aromatic N) is 1. The normalized spacial score (nSPS) is 15.8. The molecule has 33 heavy (non-hydrogen) atoms. The first-order chi connectivity index (χ1) is 15.8. The van der Waals surface area contributed by atoms with Crippen LogP contribution in [0.2, 0.25) is 5.15 Å². The van der Waals surface area contributed by atoms with E-state index in [0.717, 1.165) is 0 Å². The molecule has 172 valence electrons. The maximum absolute atomic E-state index is 12.5. The van der Waals surface area contributed by atoms with E-state index in [1.165, 1.54) is 12.3 Å². The predicted octanol–water partition coefficient (Wildman–Crippen LogP) is 3.20. The van der Waals surface area contributed by atoms with E-state index < -0.39 is 18.0 Å². The van der Waals surface area contributed by atoms with Crippen molar-refractivity contribution in [3.8, 4) is 5.75 Å². The number of aliphatic hydroxyl groups excluding tert-OH is 1. The predicted molar refractivity (Wildman–Crippen MR) is 127 cm³/mol. The van der Waals surface area contributed by atoms with Crippen molar-refractivity contribution in [1.82, 2.24) is 15.6 Å². The standard InChI is InChI=1S/C23H22ClN3O5S/c1-3-31-22(30)20-13(2)26-23(33)27-21(20)15-5-6-17(16(11-15)12-28)32-19(29)7-4-14-8-9-25-18(24)10-14/h4-11,21,28H,3,12H2,1-2H3,(H2,26,27,33)/b7-4+. The SMILES string of the molecule is CCOC(=O)C1=C(C)NC(=S)NC1c1ccc(OC(=O)/C=C/c2ccnc(Cl)c2)c(CO)c1. The van der Waals surface area contributed by atoms with E-state index in [0.29, 0.717) is 38.2 Å². The van der Waals surface area contributed by atoms with Gasteiger partial charge in [-0.1, -0.05) is 17.7 Å². The number of allylic oxidation sites excluding steroid dienone is 1. The minimum atomic E-state index is -0.630. The van der Waals surface area contributed by atoms with Gasteiger partial charge in [0.2, 0.25) is 0 Å². The van der Waals surface area contributed by atoms with Crippen molar-refractivity contribution >= 4 is 46.9 Å². The number of carbonyl (C=O) groups excluding carboxylic acids is 2. The second-order valence-electron chi connectivity index (χ2n) is 6.98. The molecule has 1 aliphatic rings. The zero-order valence-corrected chi connectivity index (χ0v) is 19.5. The van der Waals surface area contributed by atoms with Crippen LogP contribution in [0.3, 0.4) is 0 Å². The van der Waals surface area contributed by atoms with Crippen LogP contribution in [0.5, 0.6) is 5.75 Å². The fraction of sp³-hybridized carbons (Fsp3) is 0.217. The van der Waals surface area contributed by atoms with Gasteiger partial charge in [0, 0.05) is 23.5 Å². The number of carbonyl (C=O) groups is 2. The smallest absolute Gasteiger partial charge is 0.338 e. The Morgan fingerprint density at radius 3 is 2.79 bits per heavy atom. The van der Waals surface area contributed by atoms with Gasteiger partial charge in [0.25, 0.3) is 0 Å². The van der Waals surface area contributed by atoms with Crippen molar-refractivity contribution in [2.45, 2.75) is 26.5 Å². The molecule has 0 bridgehead atoms. The van der Waals surface area contributed by atoms with Crippen molar-refractivity contribution < 1.29 is 24.2 Å². The van der Waals surface area contributed by atoms with Gasteiger partial charge < -0.3 is 25.2 Å². The number of pyridine rings is 1. The summed E-state index contributed by atoms with van der Waals surface area (Å²) < 4.78 is 10.6. The third kappa shape index (κ3) is 6.16. The maximum atomic E-state index is 12.5. The number of aliphatic hydroxyl groups is 1. The van der Waals surface area contributed by atoms with Gasteiger partial charge >= 0.3 is 11.9 Å². The molecule has 1 aromatic carbocycles. The summed E-state index contributed by atoms with van der Waals surface area (Å²) in [5, 5.41) is 16.5.